The Morgan fingerprint density at radius 2 is 1.82 bits per heavy atom. The molecule has 0 saturated carbocycles. The number of halogens is 3. The van der Waals surface area contributed by atoms with Gasteiger partial charge in [-0.3, -0.25) is 9.59 Å². The summed E-state index contributed by atoms with van der Waals surface area (Å²) in [6.45, 7) is 2.02. The Labute approximate surface area is 193 Å². The number of fused-ring (bicyclic) bond motifs is 2. The lowest BCUT2D eigenvalue weighted by Crippen LogP contribution is -2.50. The van der Waals surface area contributed by atoms with Crippen LogP contribution in [0.5, 0.6) is 0 Å². The second-order valence-electron chi connectivity index (χ2n) is 8.08. The third-order valence-corrected chi connectivity index (χ3v) is 7.46. The molecule has 5 rings (SSSR count). The summed E-state index contributed by atoms with van der Waals surface area (Å²) >= 11 is 1.31. The van der Waals surface area contributed by atoms with Crippen molar-refractivity contribution < 1.29 is 22.8 Å². The molecule has 3 aromatic rings. The van der Waals surface area contributed by atoms with E-state index in [2.05, 4.69) is 0 Å². The van der Waals surface area contributed by atoms with Gasteiger partial charge in [-0.05, 0) is 31.2 Å². The number of aryl methyl sites for hydroxylation is 1. The average molecular weight is 469 g/mol. The minimum Gasteiger partial charge on any atom is -0.311 e. The quantitative estimate of drug-likeness (QED) is 0.543. The molecule has 4 nitrogen and oxygen atoms in total. The highest BCUT2D eigenvalue weighted by Crippen LogP contribution is 2.55. The maximum absolute atomic E-state index is 14.4. The Hall–Kier alpha value is -3.26. The number of hydrogen-bond donors (Lipinski definition) is 0. The second-order valence-corrected chi connectivity index (χ2v) is 9.36. The van der Waals surface area contributed by atoms with E-state index in [4.69, 9.17) is 0 Å². The van der Waals surface area contributed by atoms with Gasteiger partial charge in [-0.1, -0.05) is 35.9 Å². The van der Waals surface area contributed by atoms with Gasteiger partial charge >= 0.3 is 0 Å². The Balaban J connectivity index is 1.61. The molecule has 1 spiro atoms. The highest BCUT2D eigenvalue weighted by atomic mass is 32.2. The van der Waals surface area contributed by atoms with Crippen LogP contribution < -0.4 is 4.90 Å². The summed E-state index contributed by atoms with van der Waals surface area (Å²) in [5.41, 5.74) is 2.10. The number of benzene rings is 3. The van der Waals surface area contributed by atoms with E-state index in [9.17, 15) is 22.8 Å². The molecule has 2 aliphatic heterocycles. The van der Waals surface area contributed by atoms with Gasteiger partial charge in [0, 0.05) is 29.5 Å². The molecule has 168 valence electrons. The van der Waals surface area contributed by atoms with Crippen LogP contribution in [0.3, 0.4) is 0 Å². The largest absolute Gasteiger partial charge is 0.311 e. The molecule has 2 aliphatic rings. The molecule has 0 aliphatic carbocycles. The maximum atomic E-state index is 14.4. The van der Waals surface area contributed by atoms with Crippen LogP contribution in [0.2, 0.25) is 0 Å². The predicted octanol–water partition coefficient (Wildman–Crippen LogP) is 5.00. The zero-order chi connectivity index (χ0) is 23.3. The standard InChI is InChI=1S/C25H19F3N2O2S/c1-15-6-9-22-19(12-15)25(24(32)29(22)14-16-7-8-17(26)13-21(16)28)30(10-11-33-25)23(31)18-4-2-3-5-20(18)27/h2-9,12-13H,10-11,14H2,1H3/t25-/m0/s1. The molecule has 2 amide bonds. The lowest BCUT2D eigenvalue weighted by molar-refractivity contribution is -0.123. The Kier molecular flexibility index (Phi) is 5.20. The summed E-state index contributed by atoms with van der Waals surface area (Å²) in [4.78, 5) is 28.8. The fourth-order valence-corrected chi connectivity index (χ4v) is 5.94. The molecular formula is C25H19F3N2O2S. The molecule has 0 bridgehead atoms. The van der Waals surface area contributed by atoms with Gasteiger partial charge in [0.2, 0.25) is 0 Å². The zero-order valence-corrected chi connectivity index (χ0v) is 18.5. The number of amides is 2. The number of nitrogens with zero attached hydrogens (tertiary/aromatic N) is 2. The van der Waals surface area contributed by atoms with Crippen molar-refractivity contribution in [2.24, 2.45) is 0 Å². The zero-order valence-electron chi connectivity index (χ0n) is 17.6. The van der Waals surface area contributed by atoms with E-state index in [0.717, 1.165) is 17.7 Å². The number of rotatable bonds is 3. The van der Waals surface area contributed by atoms with Crippen molar-refractivity contribution in [1.29, 1.82) is 0 Å². The number of carbonyl (C=O) groups is 2. The van der Waals surface area contributed by atoms with Crippen LogP contribution in [0, 0.1) is 24.4 Å². The van der Waals surface area contributed by atoms with Gasteiger partial charge in [0.25, 0.3) is 11.8 Å². The number of hydrogen-bond acceptors (Lipinski definition) is 3. The van der Waals surface area contributed by atoms with Gasteiger partial charge in [0.1, 0.15) is 17.5 Å². The van der Waals surface area contributed by atoms with Crippen LogP contribution in [-0.2, 0) is 16.2 Å². The first-order chi connectivity index (χ1) is 15.8. The first-order valence-electron chi connectivity index (χ1n) is 10.4. The normalized spacial score (nSPS) is 19.5. The molecule has 8 heteroatoms. The molecule has 0 unspecified atom stereocenters. The first-order valence-corrected chi connectivity index (χ1v) is 11.4. The van der Waals surface area contributed by atoms with Gasteiger partial charge in [-0.15, -0.1) is 11.8 Å². The highest BCUT2D eigenvalue weighted by Gasteiger charge is 2.59. The van der Waals surface area contributed by atoms with E-state index in [0.29, 0.717) is 17.0 Å². The van der Waals surface area contributed by atoms with Crippen LogP contribution in [0.15, 0.2) is 60.7 Å². The minimum atomic E-state index is -1.38. The smallest absolute Gasteiger partial charge is 0.268 e. The predicted molar refractivity (Wildman–Crippen MR) is 120 cm³/mol. The third-order valence-electron chi connectivity index (χ3n) is 6.04. The highest BCUT2D eigenvalue weighted by molar-refractivity contribution is 8.01. The summed E-state index contributed by atoms with van der Waals surface area (Å²) < 4.78 is 42.3. The van der Waals surface area contributed by atoms with Crippen LogP contribution in [0.4, 0.5) is 18.9 Å². The van der Waals surface area contributed by atoms with Gasteiger partial charge in [-0.2, -0.15) is 0 Å². The Bertz CT molecular complexity index is 1300. The van der Waals surface area contributed by atoms with Crippen molar-refractivity contribution in [3.63, 3.8) is 0 Å². The van der Waals surface area contributed by atoms with E-state index in [-0.39, 0.29) is 24.2 Å². The monoisotopic (exact) mass is 468 g/mol. The summed E-state index contributed by atoms with van der Waals surface area (Å²) in [7, 11) is 0. The fraction of sp³-hybridized carbons (Fsp3) is 0.200. The van der Waals surface area contributed by atoms with Crippen LogP contribution in [0.25, 0.3) is 0 Å². The van der Waals surface area contributed by atoms with Gasteiger partial charge in [-0.25, -0.2) is 13.2 Å². The van der Waals surface area contributed by atoms with Crippen LogP contribution in [0.1, 0.15) is 27.0 Å². The molecule has 0 N–H and O–H groups in total. The minimum absolute atomic E-state index is 0.107. The molecule has 0 aromatic heterocycles. The van der Waals surface area contributed by atoms with E-state index < -0.39 is 34.1 Å². The Morgan fingerprint density at radius 3 is 2.58 bits per heavy atom. The number of carbonyl (C=O) groups excluding carboxylic acids is 2. The third kappa shape index (κ3) is 3.31. The van der Waals surface area contributed by atoms with Crippen molar-refractivity contribution in [2.75, 3.05) is 17.2 Å². The van der Waals surface area contributed by atoms with Crippen molar-refractivity contribution in [2.45, 2.75) is 18.3 Å². The molecule has 1 fully saturated rings. The van der Waals surface area contributed by atoms with Crippen molar-refractivity contribution in [3.8, 4) is 0 Å². The van der Waals surface area contributed by atoms with Crippen molar-refractivity contribution >= 4 is 29.3 Å². The number of thioether (sulfide) groups is 1. The first kappa shape index (κ1) is 21.6. The van der Waals surface area contributed by atoms with Crippen molar-refractivity contribution in [3.05, 3.63) is 100 Å². The molecule has 3 aromatic carbocycles. The summed E-state index contributed by atoms with van der Waals surface area (Å²) in [6, 6.07) is 14.4. The van der Waals surface area contributed by atoms with E-state index in [1.807, 2.05) is 19.1 Å². The van der Waals surface area contributed by atoms with Gasteiger partial charge in [0.15, 0.2) is 4.87 Å². The lowest BCUT2D eigenvalue weighted by Gasteiger charge is -2.33. The summed E-state index contributed by atoms with van der Waals surface area (Å²) in [5.74, 6) is -2.61. The maximum Gasteiger partial charge on any atom is 0.268 e. The van der Waals surface area contributed by atoms with Crippen LogP contribution in [-0.4, -0.2) is 29.0 Å². The number of anilines is 1. The molecular weight excluding hydrogens is 449 g/mol. The van der Waals surface area contributed by atoms with E-state index in [1.165, 1.54) is 45.8 Å². The molecule has 0 radical (unpaired) electrons. The van der Waals surface area contributed by atoms with E-state index in [1.54, 1.807) is 12.1 Å². The molecule has 33 heavy (non-hydrogen) atoms. The average Bonchev–Trinajstić information content (AvgIpc) is 3.32. The Morgan fingerprint density at radius 1 is 1.03 bits per heavy atom. The summed E-state index contributed by atoms with van der Waals surface area (Å²) in [5, 5.41) is 0. The second kappa shape index (κ2) is 7.95. The molecule has 2 heterocycles. The molecule has 1 atom stereocenters. The van der Waals surface area contributed by atoms with E-state index >= 15 is 0 Å². The topological polar surface area (TPSA) is 40.6 Å². The fourth-order valence-electron chi connectivity index (χ4n) is 4.49. The van der Waals surface area contributed by atoms with Crippen LogP contribution >= 0.6 is 11.8 Å². The van der Waals surface area contributed by atoms with Crippen molar-refractivity contribution in [1.82, 2.24) is 4.90 Å². The van der Waals surface area contributed by atoms with Gasteiger partial charge < -0.3 is 9.80 Å². The SMILES string of the molecule is Cc1ccc2c(c1)[C@]1(SCCN1C(=O)c1ccccc1F)C(=O)N2Cc1ccc(F)cc1F. The summed E-state index contributed by atoms with van der Waals surface area (Å²) in [6.07, 6.45) is 0. The van der Waals surface area contributed by atoms with Gasteiger partial charge in [0.05, 0.1) is 17.8 Å². The molecule has 1 saturated heterocycles. The lowest BCUT2D eigenvalue weighted by atomic mass is 10.0.